The number of benzene rings is 1. The highest BCUT2D eigenvalue weighted by Gasteiger charge is 2.12. The van der Waals surface area contributed by atoms with Gasteiger partial charge in [0.2, 0.25) is 0 Å². The molecule has 1 aromatic carbocycles. The molecule has 0 aliphatic heterocycles. The zero-order valence-electron chi connectivity index (χ0n) is 8.26. The highest BCUT2D eigenvalue weighted by atomic mass is 79.9. The molecule has 1 atom stereocenters. The molecule has 0 bridgehead atoms. The lowest BCUT2D eigenvalue weighted by Gasteiger charge is -2.12. The third-order valence-electron chi connectivity index (χ3n) is 1.91. The van der Waals surface area contributed by atoms with Gasteiger partial charge in [-0.1, -0.05) is 0 Å². The molecule has 15 heavy (non-hydrogen) atoms. The molecule has 0 saturated carbocycles. The molecule has 0 fully saturated rings. The van der Waals surface area contributed by atoms with E-state index < -0.39 is 0 Å². The lowest BCUT2D eigenvalue weighted by molar-refractivity contribution is 0.0940. The summed E-state index contributed by atoms with van der Waals surface area (Å²) in [6.07, 6.45) is 0. The van der Waals surface area contributed by atoms with Crippen LogP contribution in [0.2, 0.25) is 0 Å². The Morgan fingerprint density at radius 2 is 2.33 bits per heavy atom. The average Bonchev–Trinajstić information content (AvgIpc) is 2.17. The van der Waals surface area contributed by atoms with E-state index in [0.717, 1.165) is 0 Å². The van der Waals surface area contributed by atoms with Crippen LogP contribution >= 0.6 is 15.9 Å². The number of hydrogen-bond donors (Lipinski definition) is 2. The van der Waals surface area contributed by atoms with Crippen molar-refractivity contribution in [2.24, 2.45) is 5.73 Å². The Morgan fingerprint density at radius 1 is 1.67 bits per heavy atom. The van der Waals surface area contributed by atoms with E-state index in [-0.39, 0.29) is 17.8 Å². The van der Waals surface area contributed by atoms with Crippen LogP contribution in [-0.4, -0.2) is 18.5 Å². The van der Waals surface area contributed by atoms with Gasteiger partial charge in [0, 0.05) is 17.1 Å². The van der Waals surface area contributed by atoms with Gasteiger partial charge in [-0.2, -0.15) is 0 Å². The van der Waals surface area contributed by atoms with Crippen LogP contribution in [0.25, 0.3) is 0 Å². The van der Waals surface area contributed by atoms with Gasteiger partial charge in [0.25, 0.3) is 5.91 Å². The Bertz CT molecular complexity index is 370. The first-order valence-electron chi connectivity index (χ1n) is 4.50. The molecule has 0 spiro atoms. The summed E-state index contributed by atoms with van der Waals surface area (Å²) in [4.78, 5) is 11.6. The first kappa shape index (κ1) is 12.1. The summed E-state index contributed by atoms with van der Waals surface area (Å²) in [5.41, 5.74) is 5.77. The smallest absolute Gasteiger partial charge is 0.252 e. The minimum Gasteiger partial charge on any atom is -0.348 e. The van der Waals surface area contributed by atoms with Crippen LogP contribution in [0.3, 0.4) is 0 Å². The van der Waals surface area contributed by atoms with E-state index in [1.807, 2.05) is 0 Å². The Morgan fingerprint density at radius 3 is 2.87 bits per heavy atom. The molecule has 0 aliphatic carbocycles. The van der Waals surface area contributed by atoms with Gasteiger partial charge in [-0.25, -0.2) is 4.39 Å². The molecule has 3 N–H and O–H groups in total. The summed E-state index contributed by atoms with van der Waals surface area (Å²) in [6, 6.07) is 3.82. The van der Waals surface area contributed by atoms with E-state index in [1.54, 1.807) is 6.92 Å². The van der Waals surface area contributed by atoms with Crippen molar-refractivity contribution in [2.45, 2.75) is 13.0 Å². The number of hydrogen-bond acceptors (Lipinski definition) is 2. The summed E-state index contributed by atoms with van der Waals surface area (Å²) in [5, 5.41) is 2.69. The molecular weight excluding hydrogens is 263 g/mol. The quantitative estimate of drug-likeness (QED) is 0.881. The van der Waals surface area contributed by atoms with Gasteiger partial charge in [0.1, 0.15) is 5.82 Å². The molecule has 0 heterocycles. The van der Waals surface area contributed by atoms with Gasteiger partial charge in [0.05, 0.1) is 5.56 Å². The van der Waals surface area contributed by atoms with Crippen LogP contribution in [0.1, 0.15) is 17.3 Å². The van der Waals surface area contributed by atoms with E-state index in [4.69, 9.17) is 5.73 Å². The highest BCUT2D eigenvalue weighted by molar-refractivity contribution is 9.10. The number of carbonyl (C=O) groups excluding carboxylic acids is 1. The number of halogens is 2. The SMILES string of the molecule is C[C@H](CN)NC(=O)c1ccc(F)cc1Br. The Hall–Kier alpha value is -0.940. The van der Waals surface area contributed by atoms with E-state index in [0.29, 0.717) is 16.6 Å². The second-order valence-corrected chi connectivity index (χ2v) is 4.09. The first-order valence-corrected chi connectivity index (χ1v) is 5.30. The normalized spacial score (nSPS) is 12.3. The van der Waals surface area contributed by atoms with Crippen molar-refractivity contribution >= 4 is 21.8 Å². The predicted octanol–water partition coefficient (Wildman–Crippen LogP) is 1.67. The highest BCUT2D eigenvalue weighted by Crippen LogP contribution is 2.17. The maximum absolute atomic E-state index is 12.8. The van der Waals surface area contributed by atoms with E-state index in [2.05, 4.69) is 21.2 Å². The molecule has 0 aromatic heterocycles. The van der Waals surface area contributed by atoms with Gasteiger partial charge in [0.15, 0.2) is 0 Å². The Kier molecular flexibility index (Phi) is 4.23. The summed E-state index contributed by atoms with van der Waals surface area (Å²) in [6.45, 7) is 2.17. The fourth-order valence-electron chi connectivity index (χ4n) is 1.03. The largest absolute Gasteiger partial charge is 0.348 e. The fraction of sp³-hybridized carbons (Fsp3) is 0.300. The average molecular weight is 275 g/mol. The Labute approximate surface area is 96.0 Å². The van der Waals surface area contributed by atoms with Crippen LogP contribution in [0, 0.1) is 5.82 Å². The third-order valence-corrected chi connectivity index (χ3v) is 2.56. The predicted molar refractivity (Wildman–Crippen MR) is 60.1 cm³/mol. The standard InChI is InChI=1S/C10H12BrFN2O/c1-6(5-13)14-10(15)8-3-2-7(12)4-9(8)11/h2-4,6H,5,13H2,1H3,(H,14,15)/t6-/m1/s1. The lowest BCUT2D eigenvalue weighted by atomic mass is 10.2. The molecule has 1 rings (SSSR count). The molecule has 5 heteroatoms. The molecule has 1 amide bonds. The summed E-state index contributed by atoms with van der Waals surface area (Å²) >= 11 is 3.13. The van der Waals surface area contributed by atoms with Gasteiger partial charge < -0.3 is 11.1 Å². The number of nitrogens with one attached hydrogen (secondary N) is 1. The molecule has 0 radical (unpaired) electrons. The Balaban J connectivity index is 2.82. The molecule has 0 saturated heterocycles. The van der Waals surface area contributed by atoms with Gasteiger partial charge in [-0.05, 0) is 41.1 Å². The van der Waals surface area contributed by atoms with Gasteiger partial charge >= 0.3 is 0 Å². The number of carbonyl (C=O) groups is 1. The van der Waals surface area contributed by atoms with Crippen molar-refractivity contribution in [2.75, 3.05) is 6.54 Å². The summed E-state index contributed by atoms with van der Waals surface area (Å²) in [5.74, 6) is -0.648. The van der Waals surface area contributed by atoms with Crippen LogP contribution < -0.4 is 11.1 Å². The zero-order chi connectivity index (χ0) is 11.4. The van der Waals surface area contributed by atoms with E-state index in [9.17, 15) is 9.18 Å². The van der Waals surface area contributed by atoms with Gasteiger partial charge in [-0.3, -0.25) is 4.79 Å². The topological polar surface area (TPSA) is 55.1 Å². The van der Waals surface area contributed by atoms with Crippen molar-refractivity contribution in [3.8, 4) is 0 Å². The van der Waals surface area contributed by atoms with E-state index >= 15 is 0 Å². The van der Waals surface area contributed by atoms with Crippen LogP contribution in [-0.2, 0) is 0 Å². The van der Waals surface area contributed by atoms with E-state index in [1.165, 1.54) is 18.2 Å². The molecule has 0 aliphatic rings. The monoisotopic (exact) mass is 274 g/mol. The first-order chi connectivity index (χ1) is 7.04. The van der Waals surface area contributed by atoms with Crippen LogP contribution in [0.5, 0.6) is 0 Å². The third kappa shape index (κ3) is 3.28. The van der Waals surface area contributed by atoms with Crippen molar-refractivity contribution in [3.63, 3.8) is 0 Å². The summed E-state index contributed by atoms with van der Waals surface area (Å²) < 4.78 is 13.2. The zero-order valence-corrected chi connectivity index (χ0v) is 9.84. The molecule has 3 nitrogen and oxygen atoms in total. The molecule has 82 valence electrons. The minimum atomic E-state index is -0.384. The summed E-state index contributed by atoms with van der Waals surface area (Å²) in [7, 11) is 0. The maximum atomic E-state index is 12.8. The van der Waals surface area contributed by atoms with Crippen molar-refractivity contribution in [1.29, 1.82) is 0 Å². The van der Waals surface area contributed by atoms with Crippen molar-refractivity contribution in [1.82, 2.24) is 5.32 Å². The van der Waals surface area contributed by atoms with Crippen molar-refractivity contribution in [3.05, 3.63) is 34.1 Å². The number of amides is 1. The fourth-order valence-corrected chi connectivity index (χ4v) is 1.57. The molecule has 1 aromatic rings. The second kappa shape index (κ2) is 5.23. The second-order valence-electron chi connectivity index (χ2n) is 3.23. The van der Waals surface area contributed by atoms with Crippen molar-refractivity contribution < 1.29 is 9.18 Å². The van der Waals surface area contributed by atoms with Gasteiger partial charge in [-0.15, -0.1) is 0 Å². The molecular formula is C10H12BrFN2O. The number of rotatable bonds is 3. The maximum Gasteiger partial charge on any atom is 0.252 e. The lowest BCUT2D eigenvalue weighted by Crippen LogP contribution is -2.37. The molecule has 0 unspecified atom stereocenters. The number of nitrogens with two attached hydrogens (primary N) is 1. The van der Waals surface area contributed by atoms with Crippen LogP contribution in [0.15, 0.2) is 22.7 Å². The minimum absolute atomic E-state index is 0.102. The van der Waals surface area contributed by atoms with Crippen LogP contribution in [0.4, 0.5) is 4.39 Å².